The fourth-order valence-corrected chi connectivity index (χ4v) is 1.37. The van der Waals surface area contributed by atoms with Gasteiger partial charge in [0.05, 0.1) is 0 Å². The largest absolute Gasteiger partial charge is 0.367 e. The minimum absolute atomic E-state index is 0.0433. The van der Waals surface area contributed by atoms with Crippen molar-refractivity contribution in [1.82, 2.24) is 15.6 Å². The molecule has 6 nitrogen and oxygen atoms in total. The second kappa shape index (κ2) is 6.58. The molecule has 0 aliphatic carbocycles. The zero-order chi connectivity index (χ0) is 13.5. The Balaban J connectivity index is 2.41. The molecule has 18 heavy (non-hydrogen) atoms. The van der Waals surface area contributed by atoms with Crippen LogP contribution in [-0.4, -0.2) is 29.4 Å². The summed E-state index contributed by atoms with van der Waals surface area (Å²) in [5.74, 6) is -0.610. The van der Waals surface area contributed by atoms with Crippen molar-refractivity contribution in [2.75, 3.05) is 6.54 Å². The van der Waals surface area contributed by atoms with Crippen molar-refractivity contribution in [1.29, 1.82) is 0 Å². The van der Waals surface area contributed by atoms with Crippen LogP contribution in [0.2, 0.25) is 0 Å². The van der Waals surface area contributed by atoms with Crippen molar-refractivity contribution < 1.29 is 9.59 Å². The Kier molecular flexibility index (Phi) is 5.10. The van der Waals surface area contributed by atoms with Gasteiger partial charge in [-0.05, 0) is 13.8 Å². The van der Waals surface area contributed by atoms with E-state index in [9.17, 15) is 14.4 Å². The number of aromatic amines is 1. The molecule has 0 aromatic carbocycles. The van der Waals surface area contributed by atoms with Gasteiger partial charge in [0.1, 0.15) is 5.56 Å². The second-order valence-corrected chi connectivity index (χ2v) is 4.15. The minimum atomic E-state index is -0.478. The number of aromatic nitrogens is 1. The van der Waals surface area contributed by atoms with E-state index in [1.165, 1.54) is 18.5 Å². The maximum atomic E-state index is 11.6. The van der Waals surface area contributed by atoms with E-state index in [1.807, 2.05) is 13.8 Å². The highest BCUT2D eigenvalue weighted by Crippen LogP contribution is 1.89. The van der Waals surface area contributed by atoms with Gasteiger partial charge < -0.3 is 15.6 Å². The van der Waals surface area contributed by atoms with Gasteiger partial charge in [-0.25, -0.2) is 0 Å². The van der Waals surface area contributed by atoms with E-state index >= 15 is 0 Å². The Morgan fingerprint density at radius 1 is 1.39 bits per heavy atom. The van der Waals surface area contributed by atoms with Crippen molar-refractivity contribution in [3.05, 3.63) is 34.2 Å². The molecule has 0 unspecified atom stereocenters. The molecule has 0 bridgehead atoms. The highest BCUT2D eigenvalue weighted by atomic mass is 16.2. The first-order chi connectivity index (χ1) is 8.50. The van der Waals surface area contributed by atoms with Crippen LogP contribution in [-0.2, 0) is 4.79 Å². The van der Waals surface area contributed by atoms with Crippen molar-refractivity contribution >= 4 is 11.8 Å². The van der Waals surface area contributed by atoms with E-state index in [0.29, 0.717) is 0 Å². The van der Waals surface area contributed by atoms with Crippen molar-refractivity contribution in [3.63, 3.8) is 0 Å². The van der Waals surface area contributed by atoms with Gasteiger partial charge in [0, 0.05) is 37.5 Å². The van der Waals surface area contributed by atoms with Gasteiger partial charge in [-0.3, -0.25) is 14.4 Å². The first-order valence-corrected chi connectivity index (χ1v) is 5.75. The van der Waals surface area contributed by atoms with E-state index < -0.39 is 5.91 Å². The maximum absolute atomic E-state index is 11.6. The van der Waals surface area contributed by atoms with Gasteiger partial charge in [0.25, 0.3) is 5.91 Å². The van der Waals surface area contributed by atoms with Crippen molar-refractivity contribution in [2.45, 2.75) is 26.3 Å². The van der Waals surface area contributed by atoms with Crippen LogP contribution in [0.15, 0.2) is 23.3 Å². The molecule has 1 heterocycles. The lowest BCUT2D eigenvalue weighted by molar-refractivity contribution is -0.121. The lowest BCUT2D eigenvalue weighted by Gasteiger charge is -2.08. The zero-order valence-corrected chi connectivity index (χ0v) is 10.4. The SMILES string of the molecule is CC(C)NC(=O)CCNC(=O)c1c[nH]ccc1=O. The normalized spacial score (nSPS) is 10.2. The van der Waals surface area contributed by atoms with E-state index in [2.05, 4.69) is 15.6 Å². The van der Waals surface area contributed by atoms with Crippen molar-refractivity contribution in [2.24, 2.45) is 0 Å². The van der Waals surface area contributed by atoms with Crippen LogP contribution in [0.1, 0.15) is 30.6 Å². The van der Waals surface area contributed by atoms with E-state index in [-0.39, 0.29) is 35.9 Å². The number of pyridine rings is 1. The molecule has 1 aromatic rings. The summed E-state index contributed by atoms with van der Waals surface area (Å²) in [4.78, 5) is 36.9. The molecule has 98 valence electrons. The molecule has 0 radical (unpaired) electrons. The number of hydrogen-bond donors (Lipinski definition) is 3. The number of H-pyrrole nitrogens is 1. The Morgan fingerprint density at radius 2 is 2.11 bits per heavy atom. The van der Waals surface area contributed by atoms with Crippen LogP contribution in [0.4, 0.5) is 0 Å². The van der Waals surface area contributed by atoms with Gasteiger partial charge >= 0.3 is 0 Å². The van der Waals surface area contributed by atoms with Gasteiger partial charge in [0.15, 0.2) is 5.43 Å². The summed E-state index contributed by atoms with van der Waals surface area (Å²) in [5.41, 5.74) is -0.306. The molecule has 0 spiro atoms. The summed E-state index contributed by atoms with van der Waals surface area (Å²) < 4.78 is 0. The molecule has 2 amide bonds. The van der Waals surface area contributed by atoms with Crippen LogP contribution in [0.3, 0.4) is 0 Å². The molecular formula is C12H17N3O3. The van der Waals surface area contributed by atoms with E-state index in [4.69, 9.17) is 0 Å². The van der Waals surface area contributed by atoms with Crippen LogP contribution in [0.5, 0.6) is 0 Å². The highest BCUT2D eigenvalue weighted by molar-refractivity contribution is 5.93. The molecule has 0 fully saturated rings. The molecule has 0 aliphatic heterocycles. The second-order valence-electron chi connectivity index (χ2n) is 4.15. The maximum Gasteiger partial charge on any atom is 0.256 e. The molecule has 1 rings (SSSR count). The van der Waals surface area contributed by atoms with Gasteiger partial charge in [-0.2, -0.15) is 0 Å². The first kappa shape index (κ1) is 14.0. The molecular weight excluding hydrogens is 234 g/mol. The summed E-state index contributed by atoms with van der Waals surface area (Å²) in [6, 6.07) is 1.35. The smallest absolute Gasteiger partial charge is 0.256 e. The average molecular weight is 251 g/mol. The molecule has 0 saturated heterocycles. The van der Waals surface area contributed by atoms with Crippen LogP contribution >= 0.6 is 0 Å². The van der Waals surface area contributed by atoms with E-state index in [0.717, 1.165) is 0 Å². The molecule has 0 saturated carbocycles. The first-order valence-electron chi connectivity index (χ1n) is 5.75. The quantitative estimate of drug-likeness (QED) is 0.689. The summed E-state index contributed by atoms with van der Waals surface area (Å²) in [6.07, 6.45) is 2.98. The molecule has 3 N–H and O–H groups in total. The van der Waals surface area contributed by atoms with E-state index in [1.54, 1.807) is 0 Å². The number of carbonyl (C=O) groups excluding carboxylic acids is 2. The fourth-order valence-electron chi connectivity index (χ4n) is 1.37. The van der Waals surface area contributed by atoms with Crippen molar-refractivity contribution in [3.8, 4) is 0 Å². The number of carbonyl (C=O) groups is 2. The zero-order valence-electron chi connectivity index (χ0n) is 10.4. The number of amides is 2. The third-order valence-corrected chi connectivity index (χ3v) is 2.16. The molecule has 0 atom stereocenters. The Hall–Kier alpha value is -2.11. The van der Waals surface area contributed by atoms with Gasteiger partial charge in [0.2, 0.25) is 5.91 Å². The van der Waals surface area contributed by atoms with Gasteiger partial charge in [-0.1, -0.05) is 0 Å². The number of rotatable bonds is 5. The van der Waals surface area contributed by atoms with Crippen LogP contribution in [0.25, 0.3) is 0 Å². The summed E-state index contributed by atoms with van der Waals surface area (Å²) in [7, 11) is 0. The summed E-state index contributed by atoms with van der Waals surface area (Å²) in [5, 5.41) is 5.23. The van der Waals surface area contributed by atoms with Gasteiger partial charge in [-0.15, -0.1) is 0 Å². The average Bonchev–Trinajstić information content (AvgIpc) is 2.28. The Labute approximate surface area is 105 Å². The molecule has 6 heteroatoms. The number of hydrogen-bond acceptors (Lipinski definition) is 3. The lowest BCUT2D eigenvalue weighted by Crippen LogP contribution is -2.35. The summed E-state index contributed by atoms with van der Waals surface area (Å²) >= 11 is 0. The lowest BCUT2D eigenvalue weighted by atomic mass is 10.2. The molecule has 0 aliphatic rings. The minimum Gasteiger partial charge on any atom is -0.367 e. The number of nitrogens with one attached hydrogen (secondary N) is 3. The Bertz CT molecular complexity index is 479. The van der Waals surface area contributed by atoms with Crippen LogP contribution in [0, 0.1) is 0 Å². The molecule has 1 aromatic heterocycles. The third kappa shape index (κ3) is 4.40. The monoisotopic (exact) mass is 251 g/mol. The summed E-state index contributed by atoms with van der Waals surface area (Å²) in [6.45, 7) is 3.92. The van der Waals surface area contributed by atoms with Crippen LogP contribution < -0.4 is 16.1 Å². The highest BCUT2D eigenvalue weighted by Gasteiger charge is 2.09. The predicted octanol–water partition coefficient (Wildman–Crippen LogP) is 0.0194. The topological polar surface area (TPSA) is 91.1 Å². The fraction of sp³-hybridized carbons (Fsp3) is 0.417. The Morgan fingerprint density at radius 3 is 2.72 bits per heavy atom. The predicted molar refractivity (Wildman–Crippen MR) is 67.3 cm³/mol. The third-order valence-electron chi connectivity index (χ3n) is 2.16. The standard InChI is InChI=1S/C12H17N3O3/c1-8(2)15-11(17)4-6-14-12(18)9-7-13-5-3-10(9)16/h3,5,7-8H,4,6H2,1-2H3,(H,13,16)(H,14,18)(H,15,17).